The molecule has 0 bridgehead atoms. The largest absolute Gasteiger partial charge is 0.376 e. The van der Waals surface area contributed by atoms with Crippen LogP contribution in [0.1, 0.15) is 12.8 Å². The SMILES string of the molecule is O=S(=O)(Cl)CC1COCC2(CCS(=O)(=O)CC2)O1. The molecular weight excluding hydrogens is 304 g/mol. The fourth-order valence-electron chi connectivity index (χ4n) is 2.27. The Bertz CT molecular complexity index is 497. The van der Waals surface area contributed by atoms with E-state index in [1.54, 1.807) is 0 Å². The summed E-state index contributed by atoms with van der Waals surface area (Å²) in [5, 5.41) is 0. The van der Waals surface area contributed by atoms with Crippen molar-refractivity contribution in [3.8, 4) is 0 Å². The lowest BCUT2D eigenvalue weighted by molar-refractivity contribution is -0.194. The van der Waals surface area contributed by atoms with Crippen LogP contribution >= 0.6 is 10.7 Å². The van der Waals surface area contributed by atoms with E-state index in [9.17, 15) is 16.8 Å². The molecule has 2 aliphatic rings. The minimum Gasteiger partial charge on any atom is -0.376 e. The zero-order valence-electron chi connectivity index (χ0n) is 9.67. The number of sulfone groups is 1. The van der Waals surface area contributed by atoms with Crippen molar-refractivity contribution in [2.75, 3.05) is 30.5 Å². The third-order valence-corrected chi connectivity index (χ3v) is 6.01. The first kappa shape index (κ1) is 14.5. The van der Waals surface area contributed by atoms with Gasteiger partial charge in [0.05, 0.1) is 42.2 Å². The van der Waals surface area contributed by atoms with Gasteiger partial charge in [0.15, 0.2) is 9.84 Å². The lowest BCUT2D eigenvalue weighted by atomic mass is 9.96. The Morgan fingerprint density at radius 3 is 2.44 bits per heavy atom. The first-order valence-electron chi connectivity index (χ1n) is 5.58. The van der Waals surface area contributed by atoms with Gasteiger partial charge in [-0.1, -0.05) is 0 Å². The van der Waals surface area contributed by atoms with E-state index >= 15 is 0 Å². The summed E-state index contributed by atoms with van der Waals surface area (Å²) in [6.07, 6.45) is 0.0598. The maximum Gasteiger partial charge on any atom is 0.235 e. The molecule has 106 valence electrons. The van der Waals surface area contributed by atoms with Crippen LogP contribution in [0.3, 0.4) is 0 Å². The molecule has 0 aromatic rings. The average molecular weight is 319 g/mol. The topological polar surface area (TPSA) is 86.7 Å². The van der Waals surface area contributed by atoms with E-state index < -0.39 is 30.6 Å². The van der Waals surface area contributed by atoms with Crippen LogP contribution in [-0.4, -0.2) is 59.0 Å². The minimum atomic E-state index is -3.65. The summed E-state index contributed by atoms with van der Waals surface area (Å²) in [7, 11) is -1.46. The van der Waals surface area contributed by atoms with Crippen LogP contribution < -0.4 is 0 Å². The lowest BCUT2D eigenvalue weighted by Crippen LogP contribution is -2.53. The molecule has 18 heavy (non-hydrogen) atoms. The van der Waals surface area contributed by atoms with E-state index in [-0.39, 0.29) is 23.9 Å². The highest BCUT2D eigenvalue weighted by atomic mass is 35.7. The summed E-state index contributed by atoms with van der Waals surface area (Å²) < 4.78 is 55.8. The summed E-state index contributed by atoms with van der Waals surface area (Å²) in [6.45, 7) is 0.474. The molecule has 2 heterocycles. The van der Waals surface area contributed by atoms with Crippen molar-refractivity contribution in [2.45, 2.75) is 24.5 Å². The standard InChI is InChI=1S/C9H15ClO6S2/c10-18(13,14)6-8-5-15-7-9(16-8)1-3-17(11,12)4-2-9/h8H,1-7H2. The number of hydrogen-bond acceptors (Lipinski definition) is 6. The molecule has 6 nitrogen and oxygen atoms in total. The minimum absolute atomic E-state index is 0.0523. The molecule has 0 aliphatic carbocycles. The number of rotatable bonds is 2. The second kappa shape index (κ2) is 4.90. The fraction of sp³-hybridized carbons (Fsp3) is 1.00. The van der Waals surface area contributed by atoms with Crippen molar-refractivity contribution >= 4 is 29.6 Å². The van der Waals surface area contributed by atoms with Gasteiger partial charge in [-0.2, -0.15) is 0 Å². The van der Waals surface area contributed by atoms with Crippen LogP contribution in [0, 0.1) is 0 Å². The summed E-state index contributed by atoms with van der Waals surface area (Å²) in [6, 6.07) is 0. The van der Waals surface area contributed by atoms with E-state index in [0.29, 0.717) is 19.4 Å². The van der Waals surface area contributed by atoms with Crippen LogP contribution in [0.2, 0.25) is 0 Å². The molecule has 0 radical (unpaired) electrons. The van der Waals surface area contributed by atoms with Gasteiger partial charge in [0.2, 0.25) is 9.05 Å². The summed E-state index contributed by atoms with van der Waals surface area (Å²) >= 11 is 0. The van der Waals surface area contributed by atoms with E-state index in [2.05, 4.69) is 0 Å². The van der Waals surface area contributed by atoms with Crippen molar-refractivity contribution in [2.24, 2.45) is 0 Å². The summed E-state index contributed by atoms with van der Waals surface area (Å²) in [5.41, 5.74) is -0.671. The third kappa shape index (κ3) is 3.80. The van der Waals surface area contributed by atoms with Crippen molar-refractivity contribution in [3.05, 3.63) is 0 Å². The van der Waals surface area contributed by atoms with Crippen LogP contribution in [0.25, 0.3) is 0 Å². The fourth-order valence-corrected chi connectivity index (χ4v) is 4.87. The van der Waals surface area contributed by atoms with Gasteiger partial charge in [0.25, 0.3) is 0 Å². The van der Waals surface area contributed by atoms with Crippen LogP contribution in [0.4, 0.5) is 0 Å². The predicted octanol–water partition coefficient (Wildman–Crippen LogP) is -0.0822. The molecule has 0 aromatic carbocycles. The second-order valence-corrected chi connectivity index (χ2v) is 9.92. The van der Waals surface area contributed by atoms with E-state index in [1.807, 2.05) is 0 Å². The molecule has 9 heteroatoms. The molecule has 1 unspecified atom stereocenters. The highest BCUT2D eigenvalue weighted by Crippen LogP contribution is 2.32. The van der Waals surface area contributed by atoms with Crippen molar-refractivity contribution in [3.63, 3.8) is 0 Å². The van der Waals surface area contributed by atoms with Gasteiger partial charge in [-0.25, -0.2) is 16.8 Å². The van der Waals surface area contributed by atoms with Gasteiger partial charge < -0.3 is 9.47 Å². The Balaban J connectivity index is 2.03. The van der Waals surface area contributed by atoms with Crippen molar-refractivity contribution < 1.29 is 26.3 Å². The molecule has 0 amide bonds. The maximum absolute atomic E-state index is 11.4. The molecule has 1 atom stereocenters. The van der Waals surface area contributed by atoms with Crippen LogP contribution in [0.5, 0.6) is 0 Å². The molecule has 2 aliphatic heterocycles. The molecule has 0 aromatic heterocycles. The van der Waals surface area contributed by atoms with Crippen molar-refractivity contribution in [1.29, 1.82) is 0 Å². The molecular formula is C9H15ClO6S2. The quantitative estimate of drug-likeness (QED) is 0.662. The highest BCUT2D eigenvalue weighted by Gasteiger charge is 2.43. The van der Waals surface area contributed by atoms with Gasteiger partial charge >= 0.3 is 0 Å². The Morgan fingerprint density at radius 2 is 1.89 bits per heavy atom. The van der Waals surface area contributed by atoms with E-state index in [4.69, 9.17) is 20.2 Å². The van der Waals surface area contributed by atoms with Gasteiger partial charge in [0.1, 0.15) is 0 Å². The molecule has 0 N–H and O–H groups in total. The monoisotopic (exact) mass is 318 g/mol. The smallest absolute Gasteiger partial charge is 0.235 e. The van der Waals surface area contributed by atoms with Crippen LogP contribution in [-0.2, 0) is 28.4 Å². The molecule has 2 rings (SSSR count). The average Bonchev–Trinajstić information content (AvgIpc) is 2.21. The molecule has 2 saturated heterocycles. The summed E-state index contributed by atoms with van der Waals surface area (Å²) in [4.78, 5) is 0. The zero-order chi connectivity index (χ0) is 13.4. The van der Waals surface area contributed by atoms with Gasteiger partial charge in [-0.05, 0) is 12.8 Å². The van der Waals surface area contributed by atoms with E-state index in [0.717, 1.165) is 0 Å². The molecule has 2 fully saturated rings. The molecule has 0 saturated carbocycles. The van der Waals surface area contributed by atoms with Gasteiger partial charge in [-0.15, -0.1) is 0 Å². The Morgan fingerprint density at radius 1 is 1.28 bits per heavy atom. The second-order valence-electron chi connectivity index (χ2n) is 4.80. The number of hydrogen-bond donors (Lipinski definition) is 0. The van der Waals surface area contributed by atoms with E-state index in [1.165, 1.54) is 0 Å². The Labute approximate surface area is 111 Å². The Hall–Kier alpha value is 0.110. The normalized spacial score (nSPS) is 31.3. The first-order valence-corrected chi connectivity index (χ1v) is 9.88. The highest BCUT2D eigenvalue weighted by molar-refractivity contribution is 8.13. The van der Waals surface area contributed by atoms with Gasteiger partial charge in [0, 0.05) is 10.7 Å². The lowest BCUT2D eigenvalue weighted by Gasteiger charge is -2.42. The zero-order valence-corrected chi connectivity index (χ0v) is 12.1. The first-order chi connectivity index (χ1) is 8.20. The van der Waals surface area contributed by atoms with Crippen molar-refractivity contribution in [1.82, 2.24) is 0 Å². The molecule has 1 spiro atoms. The number of ether oxygens (including phenoxy) is 2. The predicted molar refractivity (Wildman–Crippen MR) is 66.0 cm³/mol. The van der Waals surface area contributed by atoms with Gasteiger partial charge in [-0.3, -0.25) is 0 Å². The number of halogens is 1. The maximum atomic E-state index is 11.4. The third-order valence-electron chi connectivity index (χ3n) is 3.21. The Kier molecular flexibility index (Phi) is 3.95. The van der Waals surface area contributed by atoms with Crippen LogP contribution in [0.15, 0.2) is 0 Å². The summed E-state index contributed by atoms with van der Waals surface area (Å²) in [5.74, 6) is -0.212.